The largest absolute Gasteiger partial charge is 0.288 e. The van der Waals surface area contributed by atoms with Gasteiger partial charge in [0.1, 0.15) is 5.82 Å². The number of carbonyl (C=O) groups excluding carboxylic acids is 1. The first-order valence-corrected chi connectivity index (χ1v) is 6.38. The Morgan fingerprint density at radius 3 is 2.70 bits per heavy atom. The molecule has 0 unspecified atom stereocenters. The van der Waals surface area contributed by atoms with Crippen LogP contribution in [0.1, 0.15) is 15.9 Å². The van der Waals surface area contributed by atoms with Crippen LogP contribution in [-0.2, 0) is 0 Å². The average Bonchev–Trinajstić information content (AvgIpc) is 2.46. The minimum absolute atomic E-state index is 0.106. The molecule has 0 saturated heterocycles. The lowest BCUT2D eigenvalue weighted by Gasteiger charge is -2.07. The maximum atomic E-state index is 13.9. The number of carbonyl (C=O) groups is 1. The molecule has 0 aliphatic carbocycles. The zero-order valence-corrected chi connectivity index (χ0v) is 11.1. The zero-order chi connectivity index (χ0) is 14.1. The molecule has 0 N–H and O–H groups in total. The van der Waals surface area contributed by atoms with E-state index in [-0.39, 0.29) is 10.6 Å². The highest BCUT2D eigenvalue weighted by molar-refractivity contribution is 6.35. The summed E-state index contributed by atoms with van der Waals surface area (Å²) in [5.74, 6) is -1.06. The van der Waals surface area contributed by atoms with Crippen molar-refractivity contribution in [2.45, 2.75) is 0 Å². The molecule has 1 aromatic heterocycles. The van der Waals surface area contributed by atoms with Crippen LogP contribution in [0.5, 0.6) is 0 Å². The number of rotatable bonds is 2. The molecule has 0 bridgehead atoms. The van der Waals surface area contributed by atoms with Crippen LogP contribution in [0, 0.1) is 5.82 Å². The molecule has 2 aromatic carbocycles. The minimum atomic E-state index is -0.622. The lowest BCUT2D eigenvalue weighted by molar-refractivity contribution is 0.103. The number of aromatic nitrogens is 1. The number of ketones is 1. The van der Waals surface area contributed by atoms with Crippen LogP contribution in [0.3, 0.4) is 0 Å². The standard InChI is InChI=1S/C16H9ClFNO/c17-13-5-2-6-14(18)15(13)16(20)11-4-1-3-10-7-8-19-9-12(10)11/h1-9H. The Morgan fingerprint density at radius 2 is 1.90 bits per heavy atom. The molecule has 4 heteroatoms. The molecule has 0 radical (unpaired) electrons. The number of fused-ring (bicyclic) bond motifs is 1. The van der Waals surface area contributed by atoms with Gasteiger partial charge in [0.2, 0.25) is 0 Å². The highest BCUT2D eigenvalue weighted by Crippen LogP contribution is 2.26. The molecular formula is C16H9ClFNO. The van der Waals surface area contributed by atoms with Gasteiger partial charge in [-0.3, -0.25) is 9.78 Å². The summed E-state index contributed by atoms with van der Waals surface area (Å²) < 4.78 is 13.9. The monoisotopic (exact) mass is 285 g/mol. The Labute approximate surface area is 119 Å². The Balaban J connectivity index is 2.24. The van der Waals surface area contributed by atoms with Gasteiger partial charge in [-0.1, -0.05) is 35.9 Å². The van der Waals surface area contributed by atoms with Crippen molar-refractivity contribution in [2.75, 3.05) is 0 Å². The summed E-state index contributed by atoms with van der Waals surface area (Å²) in [6.07, 6.45) is 3.24. The maximum absolute atomic E-state index is 13.9. The van der Waals surface area contributed by atoms with Gasteiger partial charge in [0.25, 0.3) is 0 Å². The Morgan fingerprint density at radius 1 is 1.10 bits per heavy atom. The summed E-state index contributed by atoms with van der Waals surface area (Å²) in [4.78, 5) is 16.6. The van der Waals surface area contributed by atoms with Crippen LogP contribution in [0.25, 0.3) is 10.8 Å². The molecule has 3 rings (SSSR count). The van der Waals surface area contributed by atoms with E-state index in [1.54, 1.807) is 30.6 Å². The van der Waals surface area contributed by atoms with Crippen LogP contribution in [-0.4, -0.2) is 10.8 Å². The molecule has 98 valence electrons. The molecule has 20 heavy (non-hydrogen) atoms. The van der Waals surface area contributed by atoms with Crippen molar-refractivity contribution in [3.63, 3.8) is 0 Å². The zero-order valence-electron chi connectivity index (χ0n) is 10.3. The van der Waals surface area contributed by atoms with Crippen molar-refractivity contribution in [3.05, 3.63) is 76.8 Å². The van der Waals surface area contributed by atoms with E-state index in [2.05, 4.69) is 4.98 Å². The first-order chi connectivity index (χ1) is 9.68. The normalized spacial score (nSPS) is 10.7. The van der Waals surface area contributed by atoms with E-state index in [9.17, 15) is 9.18 Å². The second-order valence-corrected chi connectivity index (χ2v) is 4.74. The van der Waals surface area contributed by atoms with Gasteiger partial charge in [0, 0.05) is 23.3 Å². The van der Waals surface area contributed by atoms with Crippen LogP contribution >= 0.6 is 11.6 Å². The molecule has 0 saturated carbocycles. The molecule has 3 aromatic rings. The predicted octanol–water partition coefficient (Wildman–Crippen LogP) is 4.26. The quantitative estimate of drug-likeness (QED) is 0.659. The van der Waals surface area contributed by atoms with Gasteiger partial charge in [-0.15, -0.1) is 0 Å². The van der Waals surface area contributed by atoms with Crippen LogP contribution in [0.4, 0.5) is 4.39 Å². The number of hydrogen-bond acceptors (Lipinski definition) is 2. The van der Waals surface area contributed by atoms with E-state index < -0.39 is 11.6 Å². The third kappa shape index (κ3) is 2.06. The third-order valence-corrected chi connectivity index (χ3v) is 3.43. The fraction of sp³-hybridized carbons (Fsp3) is 0. The SMILES string of the molecule is O=C(c1c(F)cccc1Cl)c1cccc2ccncc12. The lowest BCUT2D eigenvalue weighted by Crippen LogP contribution is -2.06. The number of benzene rings is 2. The fourth-order valence-corrected chi connectivity index (χ4v) is 2.41. The summed E-state index contributed by atoms with van der Waals surface area (Å²) >= 11 is 5.95. The molecule has 1 heterocycles. The molecule has 0 fully saturated rings. The van der Waals surface area contributed by atoms with Crippen LogP contribution < -0.4 is 0 Å². The van der Waals surface area contributed by atoms with E-state index in [0.717, 1.165) is 5.39 Å². The first kappa shape index (κ1) is 12.8. The number of pyridine rings is 1. The van der Waals surface area contributed by atoms with E-state index in [4.69, 9.17) is 11.6 Å². The third-order valence-electron chi connectivity index (χ3n) is 3.12. The van der Waals surface area contributed by atoms with E-state index in [1.807, 2.05) is 6.07 Å². The molecule has 0 aliphatic rings. The molecular weight excluding hydrogens is 277 g/mol. The van der Waals surface area contributed by atoms with Gasteiger partial charge in [0.05, 0.1) is 10.6 Å². The molecule has 0 atom stereocenters. The van der Waals surface area contributed by atoms with E-state index in [0.29, 0.717) is 10.9 Å². The van der Waals surface area contributed by atoms with Crippen molar-refractivity contribution < 1.29 is 9.18 Å². The number of nitrogens with zero attached hydrogens (tertiary/aromatic N) is 1. The van der Waals surface area contributed by atoms with Crippen molar-refractivity contribution in [1.29, 1.82) is 0 Å². The van der Waals surface area contributed by atoms with Gasteiger partial charge >= 0.3 is 0 Å². The van der Waals surface area contributed by atoms with Gasteiger partial charge in [-0.2, -0.15) is 0 Å². The number of hydrogen-bond donors (Lipinski definition) is 0. The Kier molecular flexibility index (Phi) is 3.20. The van der Waals surface area contributed by atoms with E-state index >= 15 is 0 Å². The molecule has 0 amide bonds. The second kappa shape index (κ2) is 5.02. The fourth-order valence-electron chi connectivity index (χ4n) is 2.16. The highest BCUT2D eigenvalue weighted by atomic mass is 35.5. The molecule has 0 aliphatic heterocycles. The highest BCUT2D eigenvalue weighted by Gasteiger charge is 2.19. The van der Waals surface area contributed by atoms with Gasteiger partial charge in [-0.25, -0.2) is 4.39 Å². The summed E-state index contributed by atoms with van der Waals surface area (Å²) in [6.45, 7) is 0. The van der Waals surface area contributed by atoms with Crippen molar-refractivity contribution in [3.8, 4) is 0 Å². The topological polar surface area (TPSA) is 30.0 Å². The van der Waals surface area contributed by atoms with Gasteiger partial charge < -0.3 is 0 Å². The van der Waals surface area contributed by atoms with Gasteiger partial charge in [0.15, 0.2) is 5.78 Å². The Bertz CT molecular complexity index is 791. The van der Waals surface area contributed by atoms with Crippen LogP contribution in [0.15, 0.2) is 54.9 Å². The summed E-state index contributed by atoms with van der Waals surface area (Å²) in [7, 11) is 0. The Hall–Kier alpha value is -2.26. The van der Waals surface area contributed by atoms with Crippen molar-refractivity contribution in [1.82, 2.24) is 4.98 Å². The average molecular weight is 286 g/mol. The van der Waals surface area contributed by atoms with Crippen molar-refractivity contribution in [2.24, 2.45) is 0 Å². The maximum Gasteiger partial charge on any atom is 0.198 e. The second-order valence-electron chi connectivity index (χ2n) is 4.33. The summed E-state index contributed by atoms with van der Waals surface area (Å²) in [5.41, 5.74) is 0.285. The molecule has 2 nitrogen and oxygen atoms in total. The van der Waals surface area contributed by atoms with Crippen molar-refractivity contribution >= 4 is 28.2 Å². The predicted molar refractivity (Wildman–Crippen MR) is 76.6 cm³/mol. The smallest absolute Gasteiger partial charge is 0.198 e. The molecule has 0 spiro atoms. The summed E-state index contributed by atoms with van der Waals surface area (Å²) in [5, 5.41) is 1.66. The first-order valence-electron chi connectivity index (χ1n) is 6.00. The lowest BCUT2D eigenvalue weighted by atomic mass is 9.98. The summed E-state index contributed by atoms with van der Waals surface area (Å²) in [6, 6.07) is 11.3. The van der Waals surface area contributed by atoms with Crippen LogP contribution in [0.2, 0.25) is 5.02 Å². The minimum Gasteiger partial charge on any atom is -0.288 e. The van der Waals surface area contributed by atoms with E-state index in [1.165, 1.54) is 18.2 Å². The number of halogens is 2. The van der Waals surface area contributed by atoms with Gasteiger partial charge in [-0.05, 0) is 23.6 Å².